The van der Waals surface area contributed by atoms with Crippen molar-refractivity contribution in [2.24, 2.45) is 0 Å². The molecule has 0 fully saturated rings. The Hall–Kier alpha value is -1.66. The van der Waals surface area contributed by atoms with Crippen molar-refractivity contribution in [3.05, 3.63) is 59.7 Å². The molecule has 0 saturated carbocycles. The number of anilines is 1. The van der Waals surface area contributed by atoms with Gasteiger partial charge in [-0.3, -0.25) is 4.72 Å². The fourth-order valence-electron chi connectivity index (χ4n) is 1.74. The van der Waals surface area contributed by atoms with Crippen molar-refractivity contribution in [3.8, 4) is 0 Å². The van der Waals surface area contributed by atoms with Crippen LogP contribution >= 0.6 is 11.6 Å². The van der Waals surface area contributed by atoms with E-state index >= 15 is 0 Å². The van der Waals surface area contributed by atoms with Crippen LogP contribution in [0.1, 0.15) is 5.56 Å². The Morgan fingerprint density at radius 3 is 2.33 bits per heavy atom. The second kappa shape index (κ2) is 6.41. The van der Waals surface area contributed by atoms with Crippen LogP contribution < -0.4 is 4.72 Å². The standard InChI is InChI=1S/C14H12ClF2NO2S/c15-8-7-10-1-4-12(5-2-10)18-21(19,20)14-9-11(16)3-6-13(14)17/h1-6,9,18H,7-8H2. The lowest BCUT2D eigenvalue weighted by molar-refractivity contribution is 0.555. The van der Waals surface area contributed by atoms with Crippen molar-refractivity contribution in [1.29, 1.82) is 0 Å². The van der Waals surface area contributed by atoms with Crippen molar-refractivity contribution in [3.63, 3.8) is 0 Å². The summed E-state index contributed by atoms with van der Waals surface area (Å²) in [5.41, 5.74) is 1.21. The molecule has 3 nitrogen and oxygen atoms in total. The first-order chi connectivity index (χ1) is 9.92. The maximum absolute atomic E-state index is 13.5. The highest BCUT2D eigenvalue weighted by Crippen LogP contribution is 2.20. The molecule has 2 rings (SSSR count). The van der Waals surface area contributed by atoms with Gasteiger partial charge < -0.3 is 0 Å². The third-order valence-corrected chi connectivity index (χ3v) is 4.36. The molecule has 112 valence electrons. The molecular weight excluding hydrogens is 320 g/mol. The second-order valence-electron chi connectivity index (χ2n) is 4.32. The third-order valence-electron chi connectivity index (χ3n) is 2.77. The molecule has 0 bridgehead atoms. The van der Waals surface area contributed by atoms with Gasteiger partial charge in [0, 0.05) is 11.6 Å². The summed E-state index contributed by atoms with van der Waals surface area (Å²) < 4.78 is 52.9. The van der Waals surface area contributed by atoms with Crippen molar-refractivity contribution >= 4 is 27.3 Å². The van der Waals surface area contributed by atoms with Crippen molar-refractivity contribution < 1.29 is 17.2 Å². The van der Waals surface area contributed by atoms with Crippen LogP contribution in [0.5, 0.6) is 0 Å². The fraction of sp³-hybridized carbons (Fsp3) is 0.143. The number of nitrogens with one attached hydrogen (secondary N) is 1. The van der Waals surface area contributed by atoms with Gasteiger partial charge in [0.25, 0.3) is 10.0 Å². The molecule has 2 aromatic rings. The normalized spacial score (nSPS) is 11.4. The van der Waals surface area contributed by atoms with Crippen LogP contribution in [-0.2, 0) is 16.4 Å². The van der Waals surface area contributed by atoms with Crippen LogP contribution in [0.2, 0.25) is 0 Å². The third kappa shape index (κ3) is 3.92. The number of benzene rings is 2. The Morgan fingerprint density at radius 1 is 1.05 bits per heavy atom. The number of alkyl halides is 1. The highest BCUT2D eigenvalue weighted by Gasteiger charge is 2.20. The minimum Gasteiger partial charge on any atom is -0.280 e. The van der Waals surface area contributed by atoms with Crippen LogP contribution in [0.15, 0.2) is 47.4 Å². The first-order valence-corrected chi connectivity index (χ1v) is 8.07. The molecule has 0 heterocycles. The smallest absolute Gasteiger partial charge is 0.264 e. The van der Waals surface area contributed by atoms with E-state index in [2.05, 4.69) is 4.72 Å². The molecule has 0 aliphatic carbocycles. The largest absolute Gasteiger partial charge is 0.280 e. The molecule has 0 aliphatic rings. The summed E-state index contributed by atoms with van der Waals surface area (Å²) in [5, 5.41) is 0. The van der Waals surface area contributed by atoms with E-state index < -0.39 is 26.6 Å². The first-order valence-electron chi connectivity index (χ1n) is 6.05. The summed E-state index contributed by atoms with van der Waals surface area (Å²) in [5.74, 6) is -1.38. The van der Waals surface area contributed by atoms with Crippen LogP contribution in [0.4, 0.5) is 14.5 Å². The molecule has 0 saturated heterocycles. The lowest BCUT2D eigenvalue weighted by atomic mass is 10.2. The quantitative estimate of drug-likeness (QED) is 0.852. The van der Waals surface area contributed by atoms with Crippen LogP contribution in [0.25, 0.3) is 0 Å². The predicted octanol–water partition coefficient (Wildman–Crippen LogP) is 3.55. The summed E-state index contributed by atoms with van der Waals surface area (Å²) in [4.78, 5) is -0.729. The summed E-state index contributed by atoms with van der Waals surface area (Å²) >= 11 is 5.61. The summed E-state index contributed by atoms with van der Waals surface area (Å²) in [6.45, 7) is 0. The van der Waals surface area contributed by atoms with E-state index in [1.54, 1.807) is 12.1 Å². The van der Waals surface area contributed by atoms with Gasteiger partial charge in [-0.05, 0) is 42.3 Å². The van der Waals surface area contributed by atoms with Gasteiger partial charge in [-0.1, -0.05) is 12.1 Å². The Kier molecular flexibility index (Phi) is 4.80. The van der Waals surface area contributed by atoms with Gasteiger partial charge in [0.2, 0.25) is 0 Å². The Bertz CT molecular complexity index is 733. The molecule has 0 spiro atoms. The molecule has 0 atom stereocenters. The van der Waals surface area contributed by atoms with E-state index in [9.17, 15) is 17.2 Å². The number of halogens is 3. The van der Waals surface area contributed by atoms with E-state index in [1.807, 2.05) is 0 Å². The molecule has 0 aliphatic heterocycles. The maximum Gasteiger partial charge on any atom is 0.264 e. The summed E-state index contributed by atoms with van der Waals surface area (Å²) in [7, 11) is -4.18. The second-order valence-corrected chi connectivity index (χ2v) is 6.34. The maximum atomic E-state index is 13.5. The highest BCUT2D eigenvalue weighted by molar-refractivity contribution is 7.92. The lowest BCUT2D eigenvalue weighted by Gasteiger charge is -2.09. The molecule has 1 N–H and O–H groups in total. The van der Waals surface area contributed by atoms with Gasteiger partial charge in [-0.25, -0.2) is 17.2 Å². The van der Waals surface area contributed by atoms with E-state index in [-0.39, 0.29) is 5.69 Å². The molecule has 0 radical (unpaired) electrons. The van der Waals surface area contributed by atoms with E-state index in [0.29, 0.717) is 18.4 Å². The molecule has 0 unspecified atom stereocenters. The highest BCUT2D eigenvalue weighted by atomic mass is 35.5. The van der Waals surface area contributed by atoms with Gasteiger partial charge in [0.1, 0.15) is 16.5 Å². The van der Waals surface area contributed by atoms with E-state index in [1.165, 1.54) is 12.1 Å². The zero-order chi connectivity index (χ0) is 15.5. The van der Waals surface area contributed by atoms with Gasteiger partial charge in [-0.15, -0.1) is 11.6 Å². The van der Waals surface area contributed by atoms with Crippen molar-refractivity contribution in [2.45, 2.75) is 11.3 Å². The van der Waals surface area contributed by atoms with Gasteiger partial charge >= 0.3 is 0 Å². The Labute approximate surface area is 126 Å². The average molecular weight is 332 g/mol. The summed E-state index contributed by atoms with van der Waals surface area (Å²) in [6, 6.07) is 8.76. The number of hydrogen-bond acceptors (Lipinski definition) is 2. The zero-order valence-corrected chi connectivity index (χ0v) is 12.4. The van der Waals surface area contributed by atoms with Crippen LogP contribution in [0.3, 0.4) is 0 Å². The minimum atomic E-state index is -4.18. The van der Waals surface area contributed by atoms with E-state index in [4.69, 9.17) is 11.6 Å². The summed E-state index contributed by atoms with van der Waals surface area (Å²) in [6.07, 6.45) is 0.660. The molecule has 0 amide bonds. The van der Waals surface area contributed by atoms with Crippen LogP contribution in [0, 0.1) is 11.6 Å². The molecule has 0 aromatic heterocycles. The number of sulfonamides is 1. The molecule has 7 heteroatoms. The Balaban J connectivity index is 2.26. The zero-order valence-electron chi connectivity index (χ0n) is 10.8. The van der Waals surface area contributed by atoms with Gasteiger partial charge in [-0.2, -0.15) is 0 Å². The average Bonchev–Trinajstić information content (AvgIpc) is 2.43. The number of hydrogen-bond donors (Lipinski definition) is 1. The fourth-order valence-corrected chi connectivity index (χ4v) is 3.11. The SMILES string of the molecule is O=S(=O)(Nc1ccc(CCCl)cc1)c1cc(F)ccc1F. The minimum absolute atomic E-state index is 0.261. The molecule has 2 aromatic carbocycles. The monoisotopic (exact) mass is 331 g/mol. The van der Waals surface area contributed by atoms with Gasteiger partial charge in [0.05, 0.1) is 0 Å². The van der Waals surface area contributed by atoms with Crippen molar-refractivity contribution in [1.82, 2.24) is 0 Å². The molecular formula is C14H12ClF2NO2S. The number of aryl methyl sites for hydroxylation is 1. The van der Waals surface area contributed by atoms with Crippen molar-refractivity contribution in [2.75, 3.05) is 10.6 Å². The van der Waals surface area contributed by atoms with Crippen LogP contribution in [-0.4, -0.2) is 14.3 Å². The first kappa shape index (κ1) is 15.7. The number of rotatable bonds is 5. The lowest BCUT2D eigenvalue weighted by Crippen LogP contribution is -2.15. The predicted molar refractivity (Wildman–Crippen MR) is 78.0 cm³/mol. The Morgan fingerprint density at radius 2 is 1.71 bits per heavy atom. The topological polar surface area (TPSA) is 46.2 Å². The molecule has 21 heavy (non-hydrogen) atoms. The van der Waals surface area contributed by atoms with Gasteiger partial charge in [0.15, 0.2) is 0 Å². The van der Waals surface area contributed by atoms with E-state index in [0.717, 1.165) is 17.7 Å².